The molecule has 9 heteroatoms. The molecule has 1 aliphatic heterocycles. The van der Waals surface area contributed by atoms with Crippen molar-refractivity contribution in [1.29, 1.82) is 0 Å². The zero-order chi connectivity index (χ0) is 22.1. The van der Waals surface area contributed by atoms with Crippen molar-refractivity contribution in [3.63, 3.8) is 0 Å². The van der Waals surface area contributed by atoms with Crippen LogP contribution in [0.4, 0.5) is 11.5 Å². The van der Waals surface area contributed by atoms with Crippen molar-refractivity contribution in [2.24, 2.45) is 0 Å². The Morgan fingerprint density at radius 2 is 1.80 bits per heavy atom. The van der Waals surface area contributed by atoms with Gasteiger partial charge in [-0.05, 0) is 57.4 Å². The fourth-order valence-electron chi connectivity index (χ4n) is 3.08. The minimum absolute atomic E-state index is 0.128. The number of benzene rings is 1. The van der Waals surface area contributed by atoms with Crippen molar-refractivity contribution in [3.8, 4) is 5.75 Å². The van der Waals surface area contributed by atoms with Gasteiger partial charge in [0.05, 0.1) is 41.9 Å². The summed E-state index contributed by atoms with van der Waals surface area (Å²) in [5.74, 6) is 0.239. The molecule has 160 valence electrons. The van der Waals surface area contributed by atoms with E-state index in [4.69, 9.17) is 24.5 Å². The number of nitrogens with two attached hydrogens (primary N) is 1. The van der Waals surface area contributed by atoms with E-state index >= 15 is 0 Å². The minimum atomic E-state index is -0.559. The van der Waals surface area contributed by atoms with Crippen LogP contribution in [0.3, 0.4) is 0 Å². The molecule has 0 saturated carbocycles. The third kappa shape index (κ3) is 4.28. The van der Waals surface area contributed by atoms with E-state index in [9.17, 15) is 4.79 Å². The Kier molecular flexibility index (Phi) is 6.07. The summed E-state index contributed by atoms with van der Waals surface area (Å²) >= 11 is 0. The molecule has 0 bridgehead atoms. The van der Waals surface area contributed by atoms with E-state index in [2.05, 4.69) is 10.3 Å². The van der Waals surface area contributed by atoms with Crippen LogP contribution in [0.25, 0.3) is 0 Å². The maximum atomic E-state index is 12.8. The number of rotatable bonds is 6. The number of nitrogens with one attached hydrogen (secondary N) is 1. The van der Waals surface area contributed by atoms with E-state index in [-0.39, 0.29) is 11.4 Å². The van der Waals surface area contributed by atoms with Gasteiger partial charge in [0.25, 0.3) is 5.91 Å². The van der Waals surface area contributed by atoms with Gasteiger partial charge in [0, 0.05) is 7.11 Å². The van der Waals surface area contributed by atoms with Gasteiger partial charge in [-0.3, -0.25) is 4.79 Å². The Bertz CT molecular complexity index is 932. The van der Waals surface area contributed by atoms with E-state index in [1.165, 1.54) is 7.11 Å². The van der Waals surface area contributed by atoms with Gasteiger partial charge in [-0.15, -0.1) is 0 Å². The Morgan fingerprint density at radius 1 is 1.13 bits per heavy atom. The summed E-state index contributed by atoms with van der Waals surface area (Å²) in [6.45, 7) is 8.27. The molecular formula is C21H28BN3O5. The van der Waals surface area contributed by atoms with Crippen LogP contribution in [-0.2, 0) is 20.7 Å². The van der Waals surface area contributed by atoms with E-state index in [1.807, 2.05) is 33.8 Å². The van der Waals surface area contributed by atoms with Crippen molar-refractivity contribution < 1.29 is 23.6 Å². The molecule has 1 saturated heterocycles. The summed E-state index contributed by atoms with van der Waals surface area (Å²) < 4.78 is 22.7. The first kappa shape index (κ1) is 22.1. The first-order chi connectivity index (χ1) is 14.1. The van der Waals surface area contributed by atoms with Crippen molar-refractivity contribution in [3.05, 3.63) is 41.6 Å². The summed E-state index contributed by atoms with van der Waals surface area (Å²) in [7, 11) is 2.55. The van der Waals surface area contributed by atoms with Crippen LogP contribution in [0.2, 0.25) is 0 Å². The molecule has 2 aromatic rings. The predicted molar refractivity (Wildman–Crippen MR) is 116 cm³/mol. The molecule has 0 atom stereocenters. The van der Waals surface area contributed by atoms with E-state index < -0.39 is 24.2 Å². The number of amides is 1. The zero-order valence-electron chi connectivity index (χ0n) is 18.2. The number of hydrogen-bond acceptors (Lipinski definition) is 7. The van der Waals surface area contributed by atoms with Gasteiger partial charge < -0.3 is 29.8 Å². The van der Waals surface area contributed by atoms with Crippen molar-refractivity contribution in [2.75, 3.05) is 25.3 Å². The maximum absolute atomic E-state index is 12.8. The first-order valence-corrected chi connectivity index (χ1v) is 9.67. The van der Waals surface area contributed by atoms with Gasteiger partial charge in [-0.2, -0.15) is 0 Å². The molecule has 0 spiro atoms. The number of methoxy groups -OCH3 is 2. The molecule has 3 rings (SSSR count). The number of pyridine rings is 1. The van der Waals surface area contributed by atoms with Crippen LogP contribution in [0.5, 0.6) is 5.75 Å². The molecule has 1 fully saturated rings. The SMILES string of the molecule is COCc1ccc(C(=O)Nc2cc(B3OC(C)(C)C(C)(C)O3)ccc2OC)c(N)n1. The second-order valence-corrected chi connectivity index (χ2v) is 8.17. The van der Waals surface area contributed by atoms with Crippen LogP contribution in [-0.4, -0.2) is 43.4 Å². The minimum Gasteiger partial charge on any atom is -0.495 e. The number of nitrogens with zero attached hydrogens (tertiary/aromatic N) is 1. The van der Waals surface area contributed by atoms with Crippen LogP contribution in [0, 0.1) is 0 Å². The standard InChI is InChI=1S/C21H28BN3O5/c1-20(2)21(3,4)30-22(29-20)13-7-10-17(28-6)16(11-13)25-19(26)15-9-8-14(12-27-5)24-18(15)23/h7-11H,12H2,1-6H3,(H2,23,24)(H,25,26). The molecule has 1 aliphatic rings. The van der Waals surface area contributed by atoms with Crippen molar-refractivity contribution >= 4 is 30.0 Å². The highest BCUT2D eigenvalue weighted by molar-refractivity contribution is 6.62. The lowest BCUT2D eigenvalue weighted by atomic mass is 9.79. The van der Waals surface area contributed by atoms with E-state index in [0.29, 0.717) is 23.7 Å². The summed E-state index contributed by atoms with van der Waals surface area (Å²) in [5.41, 5.74) is 7.19. The van der Waals surface area contributed by atoms with Crippen molar-refractivity contribution in [1.82, 2.24) is 4.98 Å². The third-order valence-corrected chi connectivity index (χ3v) is 5.52. The number of anilines is 2. The lowest BCUT2D eigenvalue weighted by Crippen LogP contribution is -2.41. The molecule has 8 nitrogen and oxygen atoms in total. The largest absolute Gasteiger partial charge is 0.495 e. The smallest absolute Gasteiger partial charge is 0.494 e. The molecule has 3 N–H and O–H groups in total. The van der Waals surface area contributed by atoms with Gasteiger partial charge in [-0.1, -0.05) is 6.07 Å². The summed E-state index contributed by atoms with van der Waals surface area (Å²) in [4.78, 5) is 17.0. The molecule has 0 radical (unpaired) electrons. The third-order valence-electron chi connectivity index (χ3n) is 5.52. The normalized spacial score (nSPS) is 17.1. The number of aromatic nitrogens is 1. The molecular weight excluding hydrogens is 385 g/mol. The topological polar surface area (TPSA) is 105 Å². The predicted octanol–water partition coefficient (Wildman–Crippen LogP) is 2.37. The first-order valence-electron chi connectivity index (χ1n) is 9.67. The van der Waals surface area contributed by atoms with Gasteiger partial charge in [0.1, 0.15) is 11.6 Å². The molecule has 0 aliphatic carbocycles. The highest BCUT2D eigenvalue weighted by Crippen LogP contribution is 2.37. The quantitative estimate of drug-likeness (QED) is 0.701. The van der Waals surface area contributed by atoms with Gasteiger partial charge >= 0.3 is 7.12 Å². The van der Waals surface area contributed by atoms with Gasteiger partial charge in [0.15, 0.2) is 0 Å². The van der Waals surface area contributed by atoms with Crippen molar-refractivity contribution in [2.45, 2.75) is 45.5 Å². The summed E-state index contributed by atoms with van der Waals surface area (Å²) in [6, 6.07) is 8.72. The number of carbonyl (C=O) groups is 1. The second kappa shape index (κ2) is 8.25. The number of ether oxygens (including phenoxy) is 2. The Labute approximate surface area is 177 Å². The lowest BCUT2D eigenvalue weighted by molar-refractivity contribution is 0.00578. The number of hydrogen-bond donors (Lipinski definition) is 2. The highest BCUT2D eigenvalue weighted by atomic mass is 16.7. The Balaban J connectivity index is 1.85. The van der Waals surface area contributed by atoms with E-state index in [1.54, 1.807) is 31.4 Å². The average molecular weight is 413 g/mol. The van der Waals surface area contributed by atoms with Gasteiger partial charge in [-0.25, -0.2) is 4.98 Å². The molecule has 1 amide bonds. The zero-order valence-corrected chi connectivity index (χ0v) is 18.2. The van der Waals surface area contributed by atoms with Crippen LogP contribution in [0.15, 0.2) is 30.3 Å². The summed E-state index contributed by atoms with van der Waals surface area (Å²) in [5, 5.41) is 2.85. The number of nitrogen functional groups attached to an aromatic ring is 1. The molecule has 30 heavy (non-hydrogen) atoms. The maximum Gasteiger partial charge on any atom is 0.494 e. The molecule has 2 heterocycles. The van der Waals surface area contributed by atoms with E-state index in [0.717, 1.165) is 5.46 Å². The molecule has 0 unspecified atom stereocenters. The Morgan fingerprint density at radius 3 is 2.37 bits per heavy atom. The lowest BCUT2D eigenvalue weighted by Gasteiger charge is -2.32. The van der Waals surface area contributed by atoms with Crippen LogP contribution < -0.4 is 21.3 Å². The fourth-order valence-corrected chi connectivity index (χ4v) is 3.08. The monoisotopic (exact) mass is 413 g/mol. The number of carbonyl (C=O) groups excluding carboxylic acids is 1. The second-order valence-electron chi connectivity index (χ2n) is 8.17. The van der Waals surface area contributed by atoms with Crippen LogP contribution in [0.1, 0.15) is 43.7 Å². The average Bonchev–Trinajstić information content (AvgIpc) is 2.89. The summed E-state index contributed by atoms with van der Waals surface area (Å²) in [6.07, 6.45) is 0. The molecule has 1 aromatic carbocycles. The van der Waals surface area contributed by atoms with Crippen LogP contribution >= 0.6 is 0 Å². The Hall–Kier alpha value is -2.62. The highest BCUT2D eigenvalue weighted by Gasteiger charge is 2.51. The molecule has 1 aromatic heterocycles. The fraction of sp³-hybridized carbons (Fsp3) is 0.429. The van der Waals surface area contributed by atoms with Gasteiger partial charge in [0.2, 0.25) is 0 Å².